The Morgan fingerprint density at radius 1 is 1.41 bits per heavy atom. The molecule has 0 aliphatic carbocycles. The number of hydrogen-bond donors (Lipinski definition) is 3. The van der Waals surface area contributed by atoms with Crippen LogP contribution in [0.25, 0.3) is 0 Å². The molecule has 0 bridgehead atoms. The second kappa shape index (κ2) is 6.85. The number of thiazole rings is 1. The van der Waals surface area contributed by atoms with Crippen LogP contribution in [0.1, 0.15) is 18.2 Å². The van der Waals surface area contributed by atoms with Gasteiger partial charge in [0.05, 0.1) is 6.54 Å². The summed E-state index contributed by atoms with van der Waals surface area (Å²) in [5, 5.41) is 8.19. The number of hydrogen-bond acceptors (Lipinski definition) is 4. The van der Waals surface area contributed by atoms with E-state index in [1.54, 1.807) is 6.20 Å². The van der Waals surface area contributed by atoms with E-state index in [0.29, 0.717) is 11.7 Å². The maximum absolute atomic E-state index is 11.4. The van der Waals surface area contributed by atoms with Gasteiger partial charge in [-0.2, -0.15) is 0 Å². The van der Waals surface area contributed by atoms with Crippen molar-refractivity contribution in [2.24, 2.45) is 0 Å². The van der Waals surface area contributed by atoms with Crippen molar-refractivity contribution < 1.29 is 9.59 Å². The molecule has 17 heavy (non-hydrogen) atoms. The first-order valence-corrected chi connectivity index (χ1v) is 6.17. The van der Waals surface area contributed by atoms with Gasteiger partial charge in [0.2, 0.25) is 5.91 Å². The zero-order valence-electron chi connectivity index (χ0n) is 9.87. The van der Waals surface area contributed by atoms with Gasteiger partial charge in [-0.1, -0.05) is 6.92 Å². The molecule has 1 heterocycles. The summed E-state index contributed by atoms with van der Waals surface area (Å²) < 4.78 is 0. The van der Waals surface area contributed by atoms with E-state index in [4.69, 9.17) is 0 Å². The second-order valence-electron chi connectivity index (χ2n) is 3.43. The molecule has 7 heteroatoms. The number of carbonyl (C=O) groups is 2. The fraction of sp³-hybridized carbons (Fsp3) is 0.500. The van der Waals surface area contributed by atoms with E-state index in [2.05, 4.69) is 20.9 Å². The standard InChI is InChI=1S/C10H16N4O2S/c1-3-4-11-8(15)6-12-9(16)14-10-13-5-7(2)17-10/h5H,3-4,6H2,1-2H3,(H,11,15)(H2,12,13,14,16). The highest BCUT2D eigenvalue weighted by Crippen LogP contribution is 2.15. The molecule has 6 nitrogen and oxygen atoms in total. The van der Waals surface area contributed by atoms with Crippen molar-refractivity contribution in [1.82, 2.24) is 15.6 Å². The summed E-state index contributed by atoms with van der Waals surface area (Å²) in [4.78, 5) is 27.6. The lowest BCUT2D eigenvalue weighted by atomic mass is 10.4. The number of anilines is 1. The van der Waals surface area contributed by atoms with E-state index in [9.17, 15) is 9.59 Å². The molecule has 0 aliphatic rings. The molecule has 1 aromatic heterocycles. The predicted octanol–water partition coefficient (Wildman–Crippen LogP) is 1.10. The van der Waals surface area contributed by atoms with Crippen molar-refractivity contribution in [2.75, 3.05) is 18.4 Å². The number of rotatable bonds is 5. The fourth-order valence-corrected chi connectivity index (χ4v) is 1.70. The molecular weight excluding hydrogens is 240 g/mol. The van der Waals surface area contributed by atoms with Crippen molar-refractivity contribution >= 4 is 28.4 Å². The van der Waals surface area contributed by atoms with Crippen LogP contribution in [0.15, 0.2) is 6.20 Å². The van der Waals surface area contributed by atoms with Gasteiger partial charge in [0.1, 0.15) is 0 Å². The summed E-state index contributed by atoms with van der Waals surface area (Å²) in [6, 6.07) is -0.425. The number of nitrogens with one attached hydrogen (secondary N) is 3. The van der Waals surface area contributed by atoms with E-state index in [0.717, 1.165) is 11.3 Å². The Kier molecular flexibility index (Phi) is 5.41. The van der Waals surface area contributed by atoms with Crippen molar-refractivity contribution in [3.8, 4) is 0 Å². The molecule has 0 unspecified atom stereocenters. The molecule has 0 aromatic carbocycles. The number of amides is 3. The molecule has 0 aliphatic heterocycles. The number of urea groups is 1. The van der Waals surface area contributed by atoms with Crippen LogP contribution in [0.5, 0.6) is 0 Å². The average Bonchev–Trinajstić information content (AvgIpc) is 2.69. The average molecular weight is 256 g/mol. The van der Waals surface area contributed by atoms with Gasteiger partial charge in [-0.3, -0.25) is 10.1 Å². The summed E-state index contributed by atoms with van der Waals surface area (Å²) in [6.07, 6.45) is 2.55. The molecule has 94 valence electrons. The Hall–Kier alpha value is -1.63. The Morgan fingerprint density at radius 3 is 2.76 bits per heavy atom. The fourth-order valence-electron chi connectivity index (χ4n) is 1.04. The number of nitrogens with zero attached hydrogens (tertiary/aromatic N) is 1. The van der Waals surface area contributed by atoms with E-state index < -0.39 is 6.03 Å². The summed E-state index contributed by atoms with van der Waals surface area (Å²) in [7, 11) is 0. The Bertz CT molecular complexity index is 391. The molecule has 0 saturated carbocycles. The van der Waals surface area contributed by atoms with Gasteiger partial charge in [-0.15, -0.1) is 11.3 Å². The Morgan fingerprint density at radius 2 is 2.18 bits per heavy atom. The predicted molar refractivity (Wildman–Crippen MR) is 67.2 cm³/mol. The number of carbonyl (C=O) groups excluding carboxylic acids is 2. The van der Waals surface area contributed by atoms with Crippen molar-refractivity contribution in [3.05, 3.63) is 11.1 Å². The van der Waals surface area contributed by atoms with Crippen molar-refractivity contribution in [2.45, 2.75) is 20.3 Å². The first kappa shape index (κ1) is 13.4. The topological polar surface area (TPSA) is 83.1 Å². The molecule has 0 radical (unpaired) electrons. The van der Waals surface area contributed by atoms with Crippen LogP contribution in [0.4, 0.5) is 9.93 Å². The summed E-state index contributed by atoms with van der Waals surface area (Å²) in [5.74, 6) is -0.197. The van der Waals surface area contributed by atoms with E-state index in [-0.39, 0.29) is 12.5 Å². The highest BCUT2D eigenvalue weighted by molar-refractivity contribution is 7.15. The maximum Gasteiger partial charge on any atom is 0.321 e. The first-order valence-electron chi connectivity index (χ1n) is 5.35. The molecular formula is C10H16N4O2S. The van der Waals surface area contributed by atoms with Crippen LogP contribution in [-0.2, 0) is 4.79 Å². The molecule has 3 amide bonds. The van der Waals surface area contributed by atoms with Crippen LogP contribution in [0.3, 0.4) is 0 Å². The molecule has 0 spiro atoms. The third-order valence-electron chi connectivity index (χ3n) is 1.82. The maximum atomic E-state index is 11.4. The molecule has 3 N–H and O–H groups in total. The largest absolute Gasteiger partial charge is 0.355 e. The van der Waals surface area contributed by atoms with E-state index >= 15 is 0 Å². The quantitative estimate of drug-likeness (QED) is 0.737. The summed E-state index contributed by atoms with van der Waals surface area (Å²) in [6.45, 7) is 4.45. The van der Waals surface area contributed by atoms with Crippen LogP contribution < -0.4 is 16.0 Å². The third kappa shape index (κ3) is 5.30. The smallest absolute Gasteiger partial charge is 0.321 e. The van der Waals surface area contributed by atoms with E-state index in [1.165, 1.54) is 11.3 Å². The third-order valence-corrected chi connectivity index (χ3v) is 2.65. The summed E-state index contributed by atoms with van der Waals surface area (Å²) >= 11 is 1.38. The monoisotopic (exact) mass is 256 g/mol. The lowest BCUT2D eigenvalue weighted by Gasteiger charge is -2.05. The number of aryl methyl sites for hydroxylation is 1. The van der Waals surface area contributed by atoms with Gasteiger partial charge < -0.3 is 10.6 Å². The lowest BCUT2D eigenvalue weighted by molar-refractivity contribution is -0.120. The van der Waals surface area contributed by atoms with Crippen molar-refractivity contribution in [1.29, 1.82) is 0 Å². The second-order valence-corrected chi connectivity index (χ2v) is 4.67. The molecule has 1 rings (SSSR count). The van der Waals surface area contributed by atoms with Crippen LogP contribution in [0.2, 0.25) is 0 Å². The first-order chi connectivity index (χ1) is 8.11. The normalized spacial score (nSPS) is 9.76. The zero-order chi connectivity index (χ0) is 12.7. The van der Waals surface area contributed by atoms with E-state index in [1.807, 2.05) is 13.8 Å². The van der Waals surface area contributed by atoms with Crippen LogP contribution >= 0.6 is 11.3 Å². The van der Waals surface area contributed by atoms with Gasteiger partial charge in [-0.05, 0) is 13.3 Å². The minimum absolute atomic E-state index is 0.0316. The zero-order valence-corrected chi connectivity index (χ0v) is 10.7. The lowest BCUT2D eigenvalue weighted by Crippen LogP contribution is -2.39. The van der Waals surface area contributed by atoms with Gasteiger partial charge in [-0.25, -0.2) is 9.78 Å². The van der Waals surface area contributed by atoms with Crippen molar-refractivity contribution in [3.63, 3.8) is 0 Å². The SMILES string of the molecule is CCCNC(=O)CNC(=O)Nc1ncc(C)s1. The molecule has 1 aromatic rings. The number of aromatic nitrogens is 1. The highest BCUT2D eigenvalue weighted by atomic mass is 32.1. The van der Waals surface area contributed by atoms with Gasteiger partial charge in [0.15, 0.2) is 5.13 Å². The van der Waals surface area contributed by atoms with Gasteiger partial charge in [0, 0.05) is 17.6 Å². The Balaban J connectivity index is 2.23. The van der Waals surface area contributed by atoms with Gasteiger partial charge in [0.25, 0.3) is 0 Å². The molecule has 0 fully saturated rings. The molecule has 0 atom stereocenters. The van der Waals surface area contributed by atoms with Gasteiger partial charge >= 0.3 is 6.03 Å². The molecule has 0 saturated heterocycles. The van der Waals surface area contributed by atoms with Crippen LogP contribution in [-0.4, -0.2) is 30.0 Å². The Labute approximate surface area is 104 Å². The minimum atomic E-state index is -0.425. The highest BCUT2D eigenvalue weighted by Gasteiger charge is 2.06. The summed E-state index contributed by atoms with van der Waals surface area (Å²) in [5.41, 5.74) is 0. The minimum Gasteiger partial charge on any atom is -0.355 e. The van der Waals surface area contributed by atoms with Crippen LogP contribution in [0, 0.1) is 6.92 Å².